The van der Waals surface area contributed by atoms with Crippen molar-refractivity contribution in [2.75, 3.05) is 39.6 Å². The van der Waals surface area contributed by atoms with Crippen LogP contribution >= 0.6 is 15.6 Å². The molecule has 0 amide bonds. The number of rotatable bonds is 68. The van der Waals surface area contributed by atoms with E-state index >= 15 is 0 Å². The Bertz CT molecular complexity index is 1780. The average molecular weight is 1330 g/mol. The van der Waals surface area contributed by atoms with Crippen molar-refractivity contribution < 1.29 is 80.2 Å². The van der Waals surface area contributed by atoms with Gasteiger partial charge in [0.2, 0.25) is 0 Å². The number of aliphatic hydroxyl groups is 1. The lowest BCUT2D eigenvalue weighted by molar-refractivity contribution is -0.161. The summed E-state index contributed by atoms with van der Waals surface area (Å²) in [4.78, 5) is 72.5. The normalized spacial score (nSPS) is 14.3. The summed E-state index contributed by atoms with van der Waals surface area (Å²) in [6.07, 6.45) is 43.3. The first-order valence-corrected chi connectivity index (χ1v) is 39.7. The second kappa shape index (κ2) is 60.7. The second-order valence-electron chi connectivity index (χ2n) is 27.5. The van der Waals surface area contributed by atoms with Crippen molar-refractivity contribution in [1.82, 2.24) is 0 Å². The first-order chi connectivity index (χ1) is 43.1. The molecule has 0 aromatic rings. The van der Waals surface area contributed by atoms with Crippen molar-refractivity contribution >= 4 is 39.5 Å². The van der Waals surface area contributed by atoms with Gasteiger partial charge in [-0.25, -0.2) is 9.13 Å². The molecule has 0 bridgehead atoms. The molecule has 2 unspecified atom stereocenters. The summed E-state index contributed by atoms with van der Waals surface area (Å²) in [6, 6.07) is 0. The van der Waals surface area contributed by atoms with Gasteiger partial charge in [0, 0.05) is 25.7 Å². The molecule has 3 N–H and O–H groups in total. The molecule has 0 saturated carbocycles. The molecule has 0 radical (unpaired) electrons. The molecule has 0 aromatic heterocycles. The lowest BCUT2D eigenvalue weighted by atomic mass is 10.0. The van der Waals surface area contributed by atoms with E-state index in [0.717, 1.165) is 114 Å². The fourth-order valence-corrected chi connectivity index (χ4v) is 12.2. The minimum atomic E-state index is -4.95. The highest BCUT2D eigenvalue weighted by Crippen LogP contribution is 2.45. The largest absolute Gasteiger partial charge is 0.472 e. The topological polar surface area (TPSA) is 237 Å². The van der Waals surface area contributed by atoms with Crippen LogP contribution in [0.25, 0.3) is 0 Å². The van der Waals surface area contributed by atoms with E-state index in [4.69, 9.17) is 37.0 Å². The molecule has 90 heavy (non-hydrogen) atoms. The smallest absolute Gasteiger partial charge is 0.462 e. The molecule has 0 fully saturated rings. The van der Waals surface area contributed by atoms with Crippen LogP contribution in [0.15, 0.2) is 0 Å². The summed E-state index contributed by atoms with van der Waals surface area (Å²) < 4.78 is 68.3. The number of esters is 4. The van der Waals surface area contributed by atoms with Crippen LogP contribution < -0.4 is 0 Å². The second-order valence-corrected chi connectivity index (χ2v) is 30.4. The third-order valence-corrected chi connectivity index (χ3v) is 18.2. The standard InChI is InChI=1S/C71H138O17P2/c1-61(2)47-39-31-23-17-14-12-10-9-11-13-15-19-27-37-45-53-70(75)87-66(57-81-68(73)51-43-35-26-22-21-25-33-41-49-63(5)6)59-85-89(77,78)83-55-65(72)56-84-90(79,80)86-60-67(58-82-69(74)52-44-36-30-29-34-42-50-64(7)8)88-71(76)54-46-38-28-20-16-18-24-32-40-48-62(3)4/h61-67,72H,9-60H2,1-8H3,(H,77,78)(H,79,80)/t65-,66-,67-/m1/s1. The first kappa shape index (κ1) is 88.1. The summed E-state index contributed by atoms with van der Waals surface area (Å²) in [6.45, 7) is 14.0. The van der Waals surface area contributed by atoms with Gasteiger partial charge in [-0.2, -0.15) is 0 Å². The highest BCUT2D eigenvalue weighted by molar-refractivity contribution is 7.47. The maximum atomic E-state index is 13.0. The number of carbonyl (C=O) groups excluding carboxylic acids is 4. The van der Waals surface area contributed by atoms with Crippen LogP contribution in [0.1, 0.15) is 351 Å². The summed E-state index contributed by atoms with van der Waals surface area (Å²) in [5.74, 6) is 0.814. The third kappa shape index (κ3) is 64.8. The van der Waals surface area contributed by atoms with E-state index in [1.165, 1.54) is 148 Å². The zero-order valence-electron chi connectivity index (χ0n) is 58.8. The summed E-state index contributed by atoms with van der Waals surface area (Å²) in [7, 11) is -9.90. The van der Waals surface area contributed by atoms with Gasteiger partial charge in [0.1, 0.15) is 19.3 Å². The molecule has 0 spiro atoms. The first-order valence-electron chi connectivity index (χ1n) is 36.7. The van der Waals surface area contributed by atoms with Crippen molar-refractivity contribution in [3.05, 3.63) is 0 Å². The van der Waals surface area contributed by atoms with Gasteiger partial charge >= 0.3 is 39.5 Å². The quantitative estimate of drug-likeness (QED) is 0.0222. The van der Waals surface area contributed by atoms with Crippen LogP contribution in [-0.2, 0) is 65.4 Å². The number of ether oxygens (including phenoxy) is 4. The fraction of sp³-hybridized carbons (Fsp3) is 0.944. The Labute approximate surface area is 549 Å². The van der Waals surface area contributed by atoms with Crippen LogP contribution in [0.2, 0.25) is 0 Å². The molecule has 0 rings (SSSR count). The van der Waals surface area contributed by atoms with E-state index in [-0.39, 0.29) is 25.7 Å². The Kier molecular flexibility index (Phi) is 59.4. The number of unbranched alkanes of at least 4 members (excludes halogenated alkanes) is 34. The molecule has 0 aliphatic rings. The number of phosphoric acid groups is 2. The van der Waals surface area contributed by atoms with Gasteiger partial charge in [-0.05, 0) is 49.4 Å². The monoisotopic (exact) mass is 1320 g/mol. The van der Waals surface area contributed by atoms with Crippen molar-refractivity contribution in [2.45, 2.75) is 369 Å². The Morgan fingerprint density at radius 1 is 0.278 bits per heavy atom. The van der Waals surface area contributed by atoms with Crippen LogP contribution in [0.5, 0.6) is 0 Å². The molecule has 0 aromatic carbocycles. The van der Waals surface area contributed by atoms with Gasteiger partial charge in [0.25, 0.3) is 0 Å². The van der Waals surface area contributed by atoms with Crippen LogP contribution in [0.4, 0.5) is 0 Å². The van der Waals surface area contributed by atoms with Crippen LogP contribution in [0.3, 0.4) is 0 Å². The minimum Gasteiger partial charge on any atom is -0.462 e. The highest BCUT2D eigenvalue weighted by atomic mass is 31.2. The van der Waals surface area contributed by atoms with Gasteiger partial charge in [-0.1, -0.05) is 299 Å². The van der Waals surface area contributed by atoms with Crippen molar-refractivity contribution in [3.8, 4) is 0 Å². The van der Waals surface area contributed by atoms with Gasteiger partial charge in [-0.15, -0.1) is 0 Å². The Morgan fingerprint density at radius 2 is 0.467 bits per heavy atom. The fourth-order valence-electron chi connectivity index (χ4n) is 10.7. The molecule has 0 aliphatic carbocycles. The van der Waals surface area contributed by atoms with Gasteiger partial charge in [0.05, 0.1) is 26.4 Å². The third-order valence-electron chi connectivity index (χ3n) is 16.3. The number of phosphoric ester groups is 2. The zero-order chi connectivity index (χ0) is 66.8. The maximum absolute atomic E-state index is 13.0. The Hall–Kier alpha value is -1.94. The van der Waals surface area contributed by atoms with E-state index in [2.05, 4.69) is 55.4 Å². The number of hydrogen-bond acceptors (Lipinski definition) is 15. The Balaban J connectivity index is 5.22. The van der Waals surface area contributed by atoms with Gasteiger partial charge < -0.3 is 33.8 Å². The molecular weight excluding hydrogens is 1190 g/mol. The highest BCUT2D eigenvalue weighted by Gasteiger charge is 2.30. The van der Waals surface area contributed by atoms with Crippen LogP contribution in [-0.4, -0.2) is 96.7 Å². The van der Waals surface area contributed by atoms with Crippen LogP contribution in [0, 0.1) is 23.7 Å². The number of carbonyl (C=O) groups is 4. The lowest BCUT2D eigenvalue weighted by Crippen LogP contribution is -2.30. The molecule has 0 heterocycles. The van der Waals surface area contributed by atoms with E-state index in [0.29, 0.717) is 31.6 Å². The minimum absolute atomic E-state index is 0.104. The predicted molar refractivity (Wildman–Crippen MR) is 363 cm³/mol. The van der Waals surface area contributed by atoms with E-state index in [9.17, 15) is 43.2 Å². The molecular formula is C71H138O17P2. The molecule has 0 saturated heterocycles. The predicted octanol–water partition coefficient (Wildman–Crippen LogP) is 20.1. The van der Waals surface area contributed by atoms with E-state index < -0.39 is 97.5 Å². The molecule has 534 valence electrons. The molecule has 17 nitrogen and oxygen atoms in total. The summed E-state index contributed by atoms with van der Waals surface area (Å²) in [5.41, 5.74) is 0. The number of aliphatic hydroxyl groups excluding tert-OH is 1. The summed E-state index contributed by atoms with van der Waals surface area (Å²) in [5, 5.41) is 10.6. The summed E-state index contributed by atoms with van der Waals surface area (Å²) >= 11 is 0. The maximum Gasteiger partial charge on any atom is 0.472 e. The molecule has 5 atom stereocenters. The SMILES string of the molecule is CC(C)CCCCCCCCCCCCCCCCCC(=O)O[C@H](COC(=O)CCCCCCCCCCC(C)C)COP(=O)(O)OC[C@@H](O)COP(=O)(O)OC[C@@H](COC(=O)CCCCCCCCC(C)C)OC(=O)CCCCCCCCCCCC(C)C. The van der Waals surface area contributed by atoms with Gasteiger partial charge in [0.15, 0.2) is 12.2 Å². The average Bonchev–Trinajstić information content (AvgIpc) is 3.57. The molecule has 19 heteroatoms. The van der Waals surface area contributed by atoms with Crippen molar-refractivity contribution in [2.24, 2.45) is 23.7 Å². The van der Waals surface area contributed by atoms with E-state index in [1.807, 2.05) is 0 Å². The Morgan fingerprint density at radius 3 is 0.689 bits per heavy atom. The molecule has 0 aliphatic heterocycles. The number of hydrogen-bond donors (Lipinski definition) is 3. The van der Waals surface area contributed by atoms with E-state index in [1.54, 1.807) is 0 Å². The zero-order valence-corrected chi connectivity index (χ0v) is 60.6. The van der Waals surface area contributed by atoms with Gasteiger partial charge in [-0.3, -0.25) is 37.3 Å². The lowest BCUT2D eigenvalue weighted by Gasteiger charge is -2.21. The van der Waals surface area contributed by atoms with Crippen molar-refractivity contribution in [1.29, 1.82) is 0 Å². The van der Waals surface area contributed by atoms with Crippen molar-refractivity contribution in [3.63, 3.8) is 0 Å².